The Morgan fingerprint density at radius 1 is 1.43 bits per heavy atom. The molecule has 2 rings (SSSR count). The molecule has 0 aliphatic heterocycles. The van der Waals surface area contributed by atoms with Crippen molar-refractivity contribution in [1.29, 1.82) is 0 Å². The van der Waals surface area contributed by atoms with E-state index in [0.717, 1.165) is 22.7 Å². The fourth-order valence-corrected chi connectivity index (χ4v) is 2.05. The summed E-state index contributed by atoms with van der Waals surface area (Å²) >= 11 is 7.44. The Morgan fingerprint density at radius 3 is 2.93 bits per heavy atom. The van der Waals surface area contributed by atoms with Crippen molar-refractivity contribution in [1.82, 2.24) is 4.98 Å². The van der Waals surface area contributed by atoms with E-state index in [1.54, 1.807) is 23.6 Å². The highest BCUT2D eigenvalue weighted by atomic mass is 35.5. The molecule has 4 heteroatoms. The Balaban J connectivity index is 2.25. The summed E-state index contributed by atoms with van der Waals surface area (Å²) < 4.78 is 0. The third-order valence-electron chi connectivity index (χ3n) is 1.93. The summed E-state index contributed by atoms with van der Waals surface area (Å²) in [6.07, 6.45) is 2.58. The molecule has 0 radical (unpaired) electrons. The van der Waals surface area contributed by atoms with Gasteiger partial charge in [-0.25, -0.2) is 4.98 Å². The lowest BCUT2D eigenvalue weighted by Gasteiger charge is -2.03. The van der Waals surface area contributed by atoms with Gasteiger partial charge in [-0.05, 0) is 17.7 Å². The molecule has 0 spiro atoms. The number of nitrogens with zero attached hydrogens (tertiary/aromatic N) is 1. The number of hydrogen-bond donors (Lipinski definition) is 1. The van der Waals surface area contributed by atoms with Crippen LogP contribution in [0, 0.1) is 0 Å². The van der Waals surface area contributed by atoms with Gasteiger partial charge in [-0.3, -0.25) is 0 Å². The molecule has 0 saturated carbocycles. The molecule has 1 aromatic carbocycles. The predicted molar refractivity (Wildman–Crippen MR) is 60.8 cm³/mol. The van der Waals surface area contributed by atoms with Crippen LogP contribution in [0.25, 0.3) is 0 Å². The maximum atomic E-state index is 5.83. The number of halogens is 1. The molecule has 1 heterocycles. The summed E-state index contributed by atoms with van der Waals surface area (Å²) in [4.78, 5) is 4.21. The van der Waals surface area contributed by atoms with Gasteiger partial charge in [-0.2, -0.15) is 0 Å². The summed E-state index contributed by atoms with van der Waals surface area (Å²) in [5.74, 6) is 0. The van der Waals surface area contributed by atoms with Gasteiger partial charge in [0, 0.05) is 28.7 Å². The monoisotopic (exact) mass is 224 g/mol. The molecule has 0 aliphatic rings. The van der Waals surface area contributed by atoms with Crippen LogP contribution in [0.2, 0.25) is 5.02 Å². The second-order valence-electron chi connectivity index (χ2n) is 2.95. The van der Waals surface area contributed by atoms with Crippen LogP contribution in [0.15, 0.2) is 29.8 Å². The average Bonchev–Trinajstić information content (AvgIpc) is 2.62. The molecular weight excluding hydrogens is 216 g/mol. The van der Waals surface area contributed by atoms with Crippen molar-refractivity contribution in [2.24, 2.45) is 0 Å². The zero-order chi connectivity index (χ0) is 9.97. The van der Waals surface area contributed by atoms with Crippen LogP contribution in [0.1, 0.15) is 10.6 Å². The highest BCUT2D eigenvalue weighted by Crippen LogP contribution is 2.21. The van der Waals surface area contributed by atoms with Crippen molar-refractivity contribution in [2.45, 2.75) is 6.42 Å². The molecule has 0 unspecified atom stereocenters. The second kappa shape index (κ2) is 3.98. The Kier molecular flexibility index (Phi) is 2.70. The van der Waals surface area contributed by atoms with E-state index in [4.69, 9.17) is 17.3 Å². The minimum Gasteiger partial charge on any atom is -0.398 e. The Morgan fingerprint density at radius 2 is 2.29 bits per heavy atom. The van der Waals surface area contributed by atoms with Crippen LogP contribution < -0.4 is 5.73 Å². The predicted octanol–water partition coefficient (Wildman–Crippen LogP) is 2.97. The van der Waals surface area contributed by atoms with Gasteiger partial charge in [0.2, 0.25) is 0 Å². The molecule has 0 fully saturated rings. The fraction of sp³-hybridized carbons (Fsp3) is 0.100. The first-order valence-electron chi connectivity index (χ1n) is 4.18. The van der Waals surface area contributed by atoms with E-state index >= 15 is 0 Å². The number of nitrogen functional groups attached to an aromatic ring is 1. The minimum atomic E-state index is 0.672. The number of rotatable bonds is 2. The molecular formula is C10H9ClN2S. The highest BCUT2D eigenvalue weighted by molar-refractivity contribution is 7.09. The Hall–Kier alpha value is -1.06. The number of thiazole rings is 1. The van der Waals surface area contributed by atoms with Crippen LogP contribution >= 0.6 is 22.9 Å². The minimum absolute atomic E-state index is 0.672. The molecule has 2 nitrogen and oxygen atoms in total. The third-order valence-corrected chi connectivity index (χ3v) is 2.95. The van der Waals surface area contributed by atoms with Crippen molar-refractivity contribution in [3.63, 3.8) is 0 Å². The number of aromatic nitrogens is 1. The van der Waals surface area contributed by atoms with Crippen LogP contribution in [0.5, 0.6) is 0 Å². The van der Waals surface area contributed by atoms with Gasteiger partial charge in [-0.15, -0.1) is 11.3 Å². The van der Waals surface area contributed by atoms with E-state index in [1.165, 1.54) is 0 Å². The molecule has 0 aliphatic carbocycles. The molecule has 2 aromatic rings. The van der Waals surface area contributed by atoms with Crippen LogP contribution in [-0.4, -0.2) is 4.98 Å². The summed E-state index contributed by atoms with van der Waals surface area (Å²) in [6, 6.07) is 5.56. The zero-order valence-electron chi connectivity index (χ0n) is 7.40. The SMILES string of the molecule is Nc1cc(Cl)ccc1Cc1nccs1. The van der Waals surface area contributed by atoms with Crippen molar-refractivity contribution < 1.29 is 0 Å². The number of benzene rings is 1. The molecule has 0 atom stereocenters. The van der Waals surface area contributed by atoms with E-state index in [-0.39, 0.29) is 0 Å². The quantitative estimate of drug-likeness (QED) is 0.797. The summed E-state index contributed by atoms with van der Waals surface area (Å²) in [6.45, 7) is 0. The second-order valence-corrected chi connectivity index (χ2v) is 4.36. The van der Waals surface area contributed by atoms with Gasteiger partial charge in [0.25, 0.3) is 0 Å². The summed E-state index contributed by atoms with van der Waals surface area (Å²) in [5, 5.41) is 3.70. The molecule has 14 heavy (non-hydrogen) atoms. The molecule has 0 saturated heterocycles. The van der Waals surface area contributed by atoms with E-state index in [9.17, 15) is 0 Å². The lowest BCUT2D eigenvalue weighted by molar-refractivity contribution is 1.14. The van der Waals surface area contributed by atoms with Gasteiger partial charge in [0.05, 0.1) is 5.01 Å². The van der Waals surface area contributed by atoms with Gasteiger partial charge in [0.15, 0.2) is 0 Å². The van der Waals surface area contributed by atoms with Crippen molar-refractivity contribution >= 4 is 28.6 Å². The Bertz CT molecular complexity index is 426. The first-order valence-corrected chi connectivity index (χ1v) is 5.44. The van der Waals surface area contributed by atoms with Crippen molar-refractivity contribution in [2.75, 3.05) is 5.73 Å². The van der Waals surface area contributed by atoms with Gasteiger partial charge >= 0.3 is 0 Å². The van der Waals surface area contributed by atoms with E-state index in [1.807, 2.05) is 17.5 Å². The van der Waals surface area contributed by atoms with Crippen molar-refractivity contribution in [3.8, 4) is 0 Å². The van der Waals surface area contributed by atoms with Crippen molar-refractivity contribution in [3.05, 3.63) is 45.4 Å². The van der Waals surface area contributed by atoms with E-state index < -0.39 is 0 Å². The molecule has 2 N–H and O–H groups in total. The lowest BCUT2D eigenvalue weighted by Crippen LogP contribution is -1.94. The molecule has 0 bridgehead atoms. The molecule has 0 amide bonds. The largest absolute Gasteiger partial charge is 0.398 e. The van der Waals surface area contributed by atoms with Crippen LogP contribution in [0.3, 0.4) is 0 Å². The summed E-state index contributed by atoms with van der Waals surface area (Å²) in [5.41, 5.74) is 7.63. The zero-order valence-corrected chi connectivity index (χ0v) is 8.98. The average molecular weight is 225 g/mol. The fourth-order valence-electron chi connectivity index (χ4n) is 1.23. The maximum Gasteiger partial charge on any atom is 0.0969 e. The first kappa shape index (κ1) is 9.49. The first-order chi connectivity index (χ1) is 6.75. The standard InChI is InChI=1S/C10H9ClN2S/c11-8-2-1-7(9(12)6-8)5-10-13-3-4-14-10/h1-4,6H,5,12H2. The smallest absolute Gasteiger partial charge is 0.0969 e. The highest BCUT2D eigenvalue weighted by Gasteiger charge is 2.02. The van der Waals surface area contributed by atoms with E-state index in [2.05, 4.69) is 4.98 Å². The van der Waals surface area contributed by atoms with Gasteiger partial charge in [-0.1, -0.05) is 17.7 Å². The van der Waals surface area contributed by atoms with Crippen LogP contribution in [0.4, 0.5) is 5.69 Å². The lowest BCUT2D eigenvalue weighted by atomic mass is 10.1. The van der Waals surface area contributed by atoms with Gasteiger partial charge in [0.1, 0.15) is 0 Å². The Labute approximate surface area is 91.4 Å². The summed E-state index contributed by atoms with van der Waals surface area (Å²) in [7, 11) is 0. The molecule has 1 aromatic heterocycles. The third kappa shape index (κ3) is 2.05. The number of anilines is 1. The van der Waals surface area contributed by atoms with Gasteiger partial charge < -0.3 is 5.73 Å². The van der Waals surface area contributed by atoms with E-state index in [0.29, 0.717) is 5.02 Å². The normalized spacial score (nSPS) is 10.4. The van der Waals surface area contributed by atoms with Crippen LogP contribution in [-0.2, 0) is 6.42 Å². The molecule has 72 valence electrons. The number of nitrogens with two attached hydrogens (primary N) is 1. The number of hydrogen-bond acceptors (Lipinski definition) is 3. The maximum absolute atomic E-state index is 5.83. The topological polar surface area (TPSA) is 38.9 Å².